The Kier molecular flexibility index (Phi) is 3.58. The van der Waals surface area contributed by atoms with Gasteiger partial charge in [-0.1, -0.05) is 28.1 Å². The molecule has 0 fully saturated rings. The minimum Gasteiger partial charge on any atom is -0.345 e. The first-order valence-corrected chi connectivity index (χ1v) is 6.01. The molecule has 5 heteroatoms. The van der Waals surface area contributed by atoms with Crippen LogP contribution in [0.2, 0.25) is 0 Å². The van der Waals surface area contributed by atoms with E-state index in [9.17, 15) is 4.79 Å². The zero-order chi connectivity index (χ0) is 12.3. The summed E-state index contributed by atoms with van der Waals surface area (Å²) in [6.45, 7) is 1.94. The number of aromatic amines is 1. The number of nitrogens with one attached hydrogen (secondary N) is 2. The highest BCUT2D eigenvalue weighted by atomic mass is 79.9. The maximum absolute atomic E-state index is 11.8. The number of H-pyrrole nitrogens is 1. The zero-order valence-electron chi connectivity index (χ0n) is 9.27. The summed E-state index contributed by atoms with van der Waals surface area (Å²) in [5.41, 5.74) is 1.59. The van der Waals surface area contributed by atoms with Crippen LogP contribution in [0.1, 0.15) is 28.9 Å². The lowest BCUT2D eigenvalue weighted by atomic mass is 10.1. The number of nitrogens with zero attached hydrogens (tertiary/aromatic N) is 1. The summed E-state index contributed by atoms with van der Waals surface area (Å²) in [6, 6.07) is 7.81. The van der Waals surface area contributed by atoms with Crippen molar-refractivity contribution in [2.24, 2.45) is 0 Å². The lowest BCUT2D eigenvalue weighted by Crippen LogP contribution is -2.26. The predicted octanol–water partition coefficient (Wildman–Crippen LogP) is 2.66. The lowest BCUT2D eigenvalue weighted by molar-refractivity contribution is 0.0940. The second kappa shape index (κ2) is 5.14. The molecule has 1 amide bonds. The third-order valence-corrected chi connectivity index (χ3v) is 2.95. The van der Waals surface area contributed by atoms with Crippen molar-refractivity contribution in [3.63, 3.8) is 0 Å². The Bertz CT molecular complexity index is 510. The number of aromatic nitrogens is 2. The van der Waals surface area contributed by atoms with Gasteiger partial charge in [-0.3, -0.25) is 9.89 Å². The Labute approximate surface area is 108 Å². The third-order valence-electron chi connectivity index (χ3n) is 2.46. The van der Waals surface area contributed by atoms with E-state index in [4.69, 9.17) is 0 Å². The van der Waals surface area contributed by atoms with Crippen LogP contribution >= 0.6 is 15.9 Å². The first kappa shape index (κ1) is 11.9. The molecule has 0 bridgehead atoms. The van der Waals surface area contributed by atoms with Gasteiger partial charge >= 0.3 is 0 Å². The number of hydrogen-bond acceptors (Lipinski definition) is 2. The van der Waals surface area contributed by atoms with E-state index >= 15 is 0 Å². The lowest BCUT2D eigenvalue weighted by Gasteiger charge is -2.13. The van der Waals surface area contributed by atoms with Crippen molar-refractivity contribution in [2.75, 3.05) is 0 Å². The van der Waals surface area contributed by atoms with Crippen LogP contribution in [0.25, 0.3) is 0 Å². The van der Waals surface area contributed by atoms with E-state index in [-0.39, 0.29) is 11.9 Å². The summed E-state index contributed by atoms with van der Waals surface area (Å²) < 4.78 is 0.999. The van der Waals surface area contributed by atoms with Crippen LogP contribution < -0.4 is 5.32 Å². The Morgan fingerprint density at radius 2 is 2.35 bits per heavy atom. The molecule has 0 aliphatic rings. The topological polar surface area (TPSA) is 57.8 Å². The molecule has 4 nitrogen and oxygen atoms in total. The molecule has 88 valence electrons. The van der Waals surface area contributed by atoms with Gasteiger partial charge in [-0.15, -0.1) is 0 Å². The highest BCUT2D eigenvalue weighted by molar-refractivity contribution is 9.10. The zero-order valence-corrected chi connectivity index (χ0v) is 10.9. The molecular formula is C12H12BrN3O. The molecule has 17 heavy (non-hydrogen) atoms. The minimum atomic E-state index is -0.133. The second-order valence-corrected chi connectivity index (χ2v) is 4.65. The molecule has 2 N–H and O–H groups in total. The number of hydrogen-bond donors (Lipinski definition) is 2. The monoisotopic (exact) mass is 293 g/mol. The van der Waals surface area contributed by atoms with Crippen molar-refractivity contribution in [1.82, 2.24) is 15.5 Å². The van der Waals surface area contributed by atoms with Gasteiger partial charge in [0, 0.05) is 10.7 Å². The van der Waals surface area contributed by atoms with E-state index in [1.54, 1.807) is 6.20 Å². The minimum absolute atomic E-state index is 0.0464. The first-order chi connectivity index (χ1) is 8.16. The summed E-state index contributed by atoms with van der Waals surface area (Å²) in [7, 11) is 0. The van der Waals surface area contributed by atoms with Gasteiger partial charge in [0.05, 0.1) is 17.8 Å². The molecule has 0 aliphatic carbocycles. The molecule has 0 saturated heterocycles. The van der Waals surface area contributed by atoms with Crippen LogP contribution in [0.15, 0.2) is 41.1 Å². The van der Waals surface area contributed by atoms with Crippen LogP contribution in [0.4, 0.5) is 0 Å². The van der Waals surface area contributed by atoms with E-state index in [0.29, 0.717) is 5.56 Å². The van der Waals surface area contributed by atoms with Crippen molar-refractivity contribution in [3.8, 4) is 0 Å². The highest BCUT2D eigenvalue weighted by Crippen LogP contribution is 2.18. The largest absolute Gasteiger partial charge is 0.345 e. The normalized spacial score (nSPS) is 12.1. The molecule has 0 saturated carbocycles. The second-order valence-electron chi connectivity index (χ2n) is 3.74. The van der Waals surface area contributed by atoms with E-state index < -0.39 is 0 Å². The Hall–Kier alpha value is -1.62. The van der Waals surface area contributed by atoms with Gasteiger partial charge in [0.1, 0.15) is 0 Å². The standard InChI is InChI=1S/C12H12BrN3O/c1-8(9-3-2-4-11(13)5-9)16-12(17)10-6-14-15-7-10/h2-8H,1H3,(H,14,15)(H,16,17)/t8-/m0/s1. The average Bonchev–Trinajstić information content (AvgIpc) is 2.82. The van der Waals surface area contributed by atoms with Crippen molar-refractivity contribution >= 4 is 21.8 Å². The van der Waals surface area contributed by atoms with Gasteiger partial charge in [-0.2, -0.15) is 5.10 Å². The van der Waals surface area contributed by atoms with Crippen LogP contribution in [-0.2, 0) is 0 Å². The fraction of sp³-hybridized carbons (Fsp3) is 0.167. The van der Waals surface area contributed by atoms with E-state index in [0.717, 1.165) is 10.0 Å². The van der Waals surface area contributed by atoms with Crippen LogP contribution in [0, 0.1) is 0 Å². The Balaban J connectivity index is 2.07. The number of carbonyl (C=O) groups is 1. The summed E-state index contributed by atoms with van der Waals surface area (Å²) in [6.07, 6.45) is 3.08. The van der Waals surface area contributed by atoms with Gasteiger partial charge in [0.25, 0.3) is 5.91 Å². The number of benzene rings is 1. The average molecular weight is 294 g/mol. The molecule has 0 aliphatic heterocycles. The fourth-order valence-electron chi connectivity index (χ4n) is 1.51. The van der Waals surface area contributed by atoms with Gasteiger partial charge in [0.2, 0.25) is 0 Å². The number of carbonyl (C=O) groups excluding carboxylic acids is 1. The van der Waals surface area contributed by atoms with E-state index in [1.165, 1.54) is 6.20 Å². The van der Waals surface area contributed by atoms with Gasteiger partial charge in [0.15, 0.2) is 0 Å². The SMILES string of the molecule is C[C@H](NC(=O)c1cn[nH]c1)c1cccc(Br)c1. The molecular weight excluding hydrogens is 282 g/mol. The van der Waals surface area contributed by atoms with Crippen molar-refractivity contribution in [2.45, 2.75) is 13.0 Å². The quantitative estimate of drug-likeness (QED) is 0.914. The van der Waals surface area contributed by atoms with E-state index in [2.05, 4.69) is 31.4 Å². The molecule has 0 spiro atoms. The predicted molar refractivity (Wildman–Crippen MR) is 68.6 cm³/mol. The Morgan fingerprint density at radius 1 is 1.53 bits per heavy atom. The molecule has 1 atom stereocenters. The van der Waals surface area contributed by atoms with Crippen LogP contribution in [0.3, 0.4) is 0 Å². The van der Waals surface area contributed by atoms with Crippen LogP contribution in [-0.4, -0.2) is 16.1 Å². The Morgan fingerprint density at radius 3 is 3.00 bits per heavy atom. The van der Waals surface area contributed by atoms with Crippen LogP contribution in [0.5, 0.6) is 0 Å². The van der Waals surface area contributed by atoms with Gasteiger partial charge < -0.3 is 5.32 Å². The van der Waals surface area contributed by atoms with E-state index in [1.807, 2.05) is 31.2 Å². The van der Waals surface area contributed by atoms with Gasteiger partial charge in [-0.05, 0) is 24.6 Å². The molecule has 1 aromatic carbocycles. The van der Waals surface area contributed by atoms with Crippen molar-refractivity contribution in [3.05, 3.63) is 52.3 Å². The molecule has 1 aromatic heterocycles. The van der Waals surface area contributed by atoms with Crippen molar-refractivity contribution in [1.29, 1.82) is 0 Å². The number of amides is 1. The summed E-state index contributed by atoms with van der Waals surface area (Å²) in [5.74, 6) is -0.133. The molecule has 2 rings (SSSR count). The first-order valence-electron chi connectivity index (χ1n) is 5.22. The maximum Gasteiger partial charge on any atom is 0.254 e. The number of halogens is 1. The third kappa shape index (κ3) is 2.94. The molecule has 0 radical (unpaired) electrons. The summed E-state index contributed by atoms with van der Waals surface area (Å²) >= 11 is 3.41. The van der Waals surface area contributed by atoms with Gasteiger partial charge in [-0.25, -0.2) is 0 Å². The molecule has 2 aromatic rings. The highest BCUT2D eigenvalue weighted by Gasteiger charge is 2.12. The molecule has 1 heterocycles. The fourth-order valence-corrected chi connectivity index (χ4v) is 1.93. The van der Waals surface area contributed by atoms with Crippen molar-refractivity contribution < 1.29 is 4.79 Å². The summed E-state index contributed by atoms with van der Waals surface area (Å²) in [5, 5.41) is 9.26. The smallest absolute Gasteiger partial charge is 0.254 e. The maximum atomic E-state index is 11.8. The molecule has 0 unspecified atom stereocenters. The summed E-state index contributed by atoms with van der Waals surface area (Å²) in [4.78, 5) is 11.8. The number of rotatable bonds is 3.